The molecule has 2 aromatic rings. The topological polar surface area (TPSA) is 232 Å². The molecule has 0 saturated heterocycles. The molecule has 0 unspecified atom stereocenters. The molecule has 0 saturated carbocycles. The third kappa shape index (κ3) is 9.44. The minimum atomic E-state index is -4.20. The molecule has 0 aliphatic rings. The van der Waals surface area contributed by atoms with Crippen molar-refractivity contribution in [1.82, 2.24) is 20.3 Å². The molecule has 1 aromatic carbocycles. The first-order chi connectivity index (χ1) is 17.4. The van der Waals surface area contributed by atoms with Gasteiger partial charge in [-0.15, -0.1) is 0 Å². The molecule has 14 nitrogen and oxygen atoms in total. The van der Waals surface area contributed by atoms with Gasteiger partial charge in [-0.25, -0.2) is 22.9 Å². The number of aromatic nitrogens is 1. The molecule has 3 amide bonds. The molecule has 0 fully saturated rings. The van der Waals surface area contributed by atoms with E-state index < -0.39 is 40.0 Å². The van der Waals surface area contributed by atoms with Gasteiger partial charge in [0.2, 0.25) is 5.89 Å². The van der Waals surface area contributed by atoms with Crippen molar-refractivity contribution in [2.24, 2.45) is 22.4 Å². The van der Waals surface area contributed by atoms with E-state index in [-0.39, 0.29) is 47.7 Å². The van der Waals surface area contributed by atoms with Gasteiger partial charge in [-0.2, -0.15) is 0 Å². The lowest BCUT2D eigenvalue weighted by Crippen LogP contribution is -2.48. The molecule has 8 N–H and O–H groups in total. The minimum absolute atomic E-state index is 0.0000836. The molecule has 202 valence electrons. The van der Waals surface area contributed by atoms with Crippen LogP contribution in [0.25, 0.3) is 0 Å². The Hall–Kier alpha value is -4.14. The number of guanidine groups is 1. The highest BCUT2D eigenvalue weighted by Crippen LogP contribution is 2.21. The maximum Gasteiger partial charge on any atom is 0.405 e. The number of nitrogens with one attached hydrogen (secondary N) is 3. The molecule has 1 heterocycles. The summed E-state index contributed by atoms with van der Waals surface area (Å²) in [5.74, 6) is -1.89. The van der Waals surface area contributed by atoms with Crippen LogP contribution in [-0.4, -0.2) is 55.0 Å². The molecule has 0 radical (unpaired) electrons. The maximum atomic E-state index is 12.9. The summed E-state index contributed by atoms with van der Waals surface area (Å²) < 4.78 is 32.5. The Balaban J connectivity index is 2.20. The Bertz CT molecular complexity index is 1210. The lowest BCUT2D eigenvalue weighted by atomic mass is 10.0. The van der Waals surface area contributed by atoms with Gasteiger partial charge in [0.25, 0.3) is 21.8 Å². The quantitative estimate of drug-likeness (QED) is 0.119. The molecule has 0 aliphatic carbocycles. The van der Waals surface area contributed by atoms with Crippen LogP contribution < -0.4 is 26.8 Å². The van der Waals surface area contributed by atoms with E-state index in [0.29, 0.717) is 6.42 Å². The van der Waals surface area contributed by atoms with Crippen LogP contribution >= 0.6 is 0 Å². The van der Waals surface area contributed by atoms with Crippen molar-refractivity contribution in [3.05, 3.63) is 48.2 Å². The molecule has 0 aliphatic heterocycles. The van der Waals surface area contributed by atoms with Gasteiger partial charge in [-0.3, -0.25) is 14.6 Å². The van der Waals surface area contributed by atoms with Crippen LogP contribution in [0.1, 0.15) is 55.5 Å². The third-order valence-corrected chi connectivity index (χ3v) is 6.28. The molecular formula is C22H31N7O7S. The number of hydrogen-bond acceptors (Lipinski definition) is 8. The summed E-state index contributed by atoms with van der Waals surface area (Å²) in [5.41, 5.74) is 10.4. The second-order valence-electron chi connectivity index (χ2n) is 8.46. The average molecular weight is 538 g/mol. The molecule has 1 aromatic heterocycles. The van der Waals surface area contributed by atoms with Crippen LogP contribution in [-0.2, 0) is 14.8 Å². The van der Waals surface area contributed by atoms with Crippen LogP contribution in [0.15, 0.2) is 50.9 Å². The maximum absolute atomic E-state index is 12.9. The van der Waals surface area contributed by atoms with Gasteiger partial charge >= 0.3 is 6.09 Å². The molecule has 0 spiro atoms. The number of carbonyl (C=O) groups is 3. The predicted octanol–water partition coefficient (Wildman–Crippen LogP) is 0.687. The summed E-state index contributed by atoms with van der Waals surface area (Å²) in [6.07, 6.45) is 0.342. The van der Waals surface area contributed by atoms with E-state index in [9.17, 15) is 22.8 Å². The summed E-state index contributed by atoms with van der Waals surface area (Å²) in [6, 6.07) is 5.17. The zero-order valence-corrected chi connectivity index (χ0v) is 21.2. The molecular weight excluding hydrogens is 506 g/mol. The fourth-order valence-corrected chi connectivity index (χ4v) is 4.30. The van der Waals surface area contributed by atoms with Gasteiger partial charge in [0.1, 0.15) is 18.3 Å². The first kappa shape index (κ1) is 29.1. The zero-order valence-electron chi connectivity index (χ0n) is 20.4. The fourth-order valence-electron chi connectivity index (χ4n) is 3.26. The number of benzene rings is 1. The fraction of sp³-hybridized carbons (Fsp3) is 0.409. The van der Waals surface area contributed by atoms with Crippen LogP contribution in [0, 0.1) is 5.92 Å². The molecule has 37 heavy (non-hydrogen) atoms. The molecule has 15 heteroatoms. The first-order valence-electron chi connectivity index (χ1n) is 11.3. The number of amides is 3. The summed E-state index contributed by atoms with van der Waals surface area (Å²) in [7, 11) is -4.20. The van der Waals surface area contributed by atoms with Crippen molar-refractivity contribution < 1.29 is 32.3 Å². The Morgan fingerprint density at radius 3 is 2.41 bits per heavy atom. The average Bonchev–Trinajstić information content (AvgIpc) is 3.30. The van der Waals surface area contributed by atoms with E-state index in [1.165, 1.54) is 24.3 Å². The second-order valence-corrected chi connectivity index (χ2v) is 10.1. The van der Waals surface area contributed by atoms with Gasteiger partial charge in [0.05, 0.1) is 4.90 Å². The van der Waals surface area contributed by atoms with Gasteiger partial charge in [0.15, 0.2) is 11.7 Å². The van der Waals surface area contributed by atoms with Crippen LogP contribution in [0.4, 0.5) is 4.79 Å². The number of hydrogen-bond donors (Lipinski definition) is 6. The number of sulfonamides is 1. The SMILES string of the molecule is CC(C)C[C@H](NC(=O)O)c1nc(C(=O)N[C@@H](CCCN=C(N)N)C(=O)NS(=O)(=O)c2ccccc2)co1. The Morgan fingerprint density at radius 1 is 1.14 bits per heavy atom. The number of oxazole rings is 1. The standard InChI is InChI=1S/C22H31N7O7S/c1-13(2)11-16(28-22(32)33)20-27-17(12-36-20)18(30)26-15(9-6-10-25-21(23)24)19(31)29-37(34,35)14-7-4-3-5-8-14/h3-5,7-8,12-13,15-16,28H,6,9-11H2,1-2H3,(H,26,30)(H,29,31)(H,32,33)(H4,23,24,25)/t15-,16-/m0/s1. The van der Waals surface area contributed by atoms with Crippen molar-refractivity contribution >= 4 is 33.9 Å². The summed E-state index contributed by atoms with van der Waals surface area (Å²) in [5, 5.41) is 13.8. The summed E-state index contributed by atoms with van der Waals surface area (Å²) >= 11 is 0. The third-order valence-electron chi connectivity index (χ3n) is 4.91. The largest absolute Gasteiger partial charge is 0.465 e. The number of carbonyl (C=O) groups excluding carboxylic acids is 2. The second kappa shape index (κ2) is 13.2. The van der Waals surface area contributed by atoms with E-state index in [1.54, 1.807) is 6.07 Å². The predicted molar refractivity (Wildman–Crippen MR) is 133 cm³/mol. The number of rotatable bonds is 13. The Labute approximate surface area is 214 Å². The van der Waals surface area contributed by atoms with E-state index in [2.05, 4.69) is 20.6 Å². The minimum Gasteiger partial charge on any atom is -0.465 e. The van der Waals surface area contributed by atoms with Gasteiger partial charge in [-0.1, -0.05) is 32.0 Å². The normalized spacial score (nSPS) is 12.8. The summed E-state index contributed by atoms with van der Waals surface area (Å²) in [6.45, 7) is 3.89. The van der Waals surface area contributed by atoms with Gasteiger partial charge in [-0.05, 0) is 37.3 Å². The van der Waals surface area contributed by atoms with E-state index in [0.717, 1.165) is 6.26 Å². The zero-order chi connectivity index (χ0) is 27.6. The lowest BCUT2D eigenvalue weighted by molar-refractivity contribution is -0.121. The first-order valence-corrected chi connectivity index (χ1v) is 12.8. The molecule has 0 bridgehead atoms. The van der Waals surface area contributed by atoms with Crippen LogP contribution in [0.3, 0.4) is 0 Å². The van der Waals surface area contributed by atoms with Crippen molar-refractivity contribution in [1.29, 1.82) is 0 Å². The van der Waals surface area contributed by atoms with E-state index >= 15 is 0 Å². The highest BCUT2D eigenvalue weighted by molar-refractivity contribution is 7.90. The van der Waals surface area contributed by atoms with Crippen molar-refractivity contribution in [3.8, 4) is 0 Å². The number of carboxylic acid groups (broad SMARTS) is 1. The van der Waals surface area contributed by atoms with Crippen LogP contribution in [0.5, 0.6) is 0 Å². The van der Waals surface area contributed by atoms with E-state index in [4.69, 9.17) is 21.0 Å². The van der Waals surface area contributed by atoms with Crippen LogP contribution in [0.2, 0.25) is 0 Å². The van der Waals surface area contributed by atoms with Crippen molar-refractivity contribution in [2.75, 3.05) is 6.54 Å². The lowest BCUT2D eigenvalue weighted by Gasteiger charge is -2.18. The number of aliphatic imine (C=N–C) groups is 1. The monoisotopic (exact) mass is 537 g/mol. The van der Waals surface area contributed by atoms with Gasteiger partial charge in [0, 0.05) is 6.54 Å². The van der Waals surface area contributed by atoms with Crippen molar-refractivity contribution in [3.63, 3.8) is 0 Å². The number of nitrogens with two attached hydrogens (primary N) is 2. The van der Waals surface area contributed by atoms with Crippen molar-refractivity contribution in [2.45, 2.75) is 50.1 Å². The van der Waals surface area contributed by atoms with E-state index in [1.807, 2.05) is 18.6 Å². The molecule has 2 atom stereocenters. The molecule has 2 rings (SSSR count). The highest BCUT2D eigenvalue weighted by atomic mass is 32.2. The van der Waals surface area contributed by atoms with Gasteiger partial charge < -0.3 is 31.6 Å². The summed E-state index contributed by atoms with van der Waals surface area (Å²) in [4.78, 5) is 44.6. The highest BCUT2D eigenvalue weighted by Gasteiger charge is 2.28. The Morgan fingerprint density at radius 2 is 1.81 bits per heavy atom. The Kier molecular flexibility index (Phi) is 10.4. The smallest absolute Gasteiger partial charge is 0.405 e. The number of nitrogens with zero attached hydrogens (tertiary/aromatic N) is 2.